The molecule has 0 fully saturated rings. The van der Waals surface area contributed by atoms with Gasteiger partial charge in [0.25, 0.3) is 0 Å². The van der Waals surface area contributed by atoms with Gasteiger partial charge in [0.1, 0.15) is 6.61 Å². The van der Waals surface area contributed by atoms with Crippen LogP contribution < -0.4 is 0 Å². The molecular weight excluding hydrogens is 260 g/mol. The number of benzene rings is 3. The Kier molecular flexibility index (Phi) is 3.97. The second kappa shape index (κ2) is 6.23. The molecule has 0 unspecified atom stereocenters. The highest BCUT2D eigenvalue weighted by molar-refractivity contribution is 5.83. The van der Waals surface area contributed by atoms with Crippen LogP contribution in [0.2, 0.25) is 0 Å². The molecule has 2 nitrogen and oxygen atoms in total. The van der Waals surface area contributed by atoms with E-state index in [0.29, 0.717) is 13.0 Å². The molecule has 0 bridgehead atoms. The molecule has 21 heavy (non-hydrogen) atoms. The summed E-state index contributed by atoms with van der Waals surface area (Å²) < 4.78 is 5.34. The highest BCUT2D eigenvalue weighted by atomic mass is 16.5. The van der Waals surface area contributed by atoms with Gasteiger partial charge in [-0.2, -0.15) is 0 Å². The van der Waals surface area contributed by atoms with Gasteiger partial charge in [-0.25, -0.2) is 0 Å². The molecule has 0 atom stereocenters. The Balaban J connectivity index is 1.62. The average molecular weight is 276 g/mol. The van der Waals surface area contributed by atoms with Crippen molar-refractivity contribution in [3.05, 3.63) is 83.9 Å². The summed E-state index contributed by atoms with van der Waals surface area (Å²) in [4.78, 5) is 11.8. The van der Waals surface area contributed by atoms with Crippen molar-refractivity contribution in [1.29, 1.82) is 0 Å². The maximum Gasteiger partial charge on any atom is 0.310 e. The molecule has 0 N–H and O–H groups in total. The zero-order chi connectivity index (χ0) is 14.5. The van der Waals surface area contributed by atoms with E-state index in [4.69, 9.17) is 4.74 Å². The average Bonchev–Trinajstić information content (AvgIpc) is 2.54. The molecule has 2 heteroatoms. The lowest BCUT2D eigenvalue weighted by atomic mass is 10.1. The minimum absolute atomic E-state index is 0.200. The van der Waals surface area contributed by atoms with Gasteiger partial charge in [-0.15, -0.1) is 0 Å². The number of carbonyl (C=O) groups is 1. The fraction of sp³-hybridized carbons (Fsp3) is 0.105. The molecule has 0 saturated heterocycles. The maximum atomic E-state index is 11.8. The molecule has 3 aromatic rings. The van der Waals surface area contributed by atoms with Crippen LogP contribution in [0.4, 0.5) is 0 Å². The number of rotatable bonds is 4. The number of hydrogen-bond donors (Lipinski definition) is 0. The summed E-state index contributed by atoms with van der Waals surface area (Å²) in [6.45, 7) is 0.316. The number of ether oxygens (including phenoxy) is 1. The van der Waals surface area contributed by atoms with E-state index >= 15 is 0 Å². The van der Waals surface area contributed by atoms with Crippen molar-refractivity contribution in [1.82, 2.24) is 0 Å². The minimum Gasteiger partial charge on any atom is -0.461 e. The van der Waals surface area contributed by atoms with Crippen LogP contribution in [-0.4, -0.2) is 5.97 Å². The van der Waals surface area contributed by atoms with Crippen molar-refractivity contribution < 1.29 is 9.53 Å². The predicted molar refractivity (Wildman–Crippen MR) is 83.9 cm³/mol. The summed E-state index contributed by atoms with van der Waals surface area (Å²) in [5.74, 6) is -0.200. The lowest BCUT2D eigenvalue weighted by Crippen LogP contribution is -2.07. The Morgan fingerprint density at radius 3 is 2.29 bits per heavy atom. The highest BCUT2D eigenvalue weighted by Crippen LogP contribution is 2.16. The first-order valence-corrected chi connectivity index (χ1v) is 6.98. The third kappa shape index (κ3) is 3.48. The first-order valence-electron chi connectivity index (χ1n) is 6.98. The van der Waals surface area contributed by atoms with Gasteiger partial charge in [0.15, 0.2) is 0 Å². The van der Waals surface area contributed by atoms with Crippen LogP contribution in [0.1, 0.15) is 11.1 Å². The van der Waals surface area contributed by atoms with Gasteiger partial charge >= 0.3 is 5.97 Å². The van der Waals surface area contributed by atoms with E-state index in [-0.39, 0.29) is 5.97 Å². The summed E-state index contributed by atoms with van der Waals surface area (Å²) in [6, 6.07) is 23.9. The quantitative estimate of drug-likeness (QED) is 0.670. The number of esters is 1. The Hall–Kier alpha value is -2.61. The standard InChI is InChI=1S/C19H16O2/c20-19(13-15-6-2-1-3-7-15)21-14-16-10-11-17-8-4-5-9-18(17)12-16/h1-12H,13-14H2. The van der Waals surface area contributed by atoms with E-state index in [9.17, 15) is 4.79 Å². The molecule has 0 radical (unpaired) electrons. The van der Waals surface area contributed by atoms with E-state index in [2.05, 4.69) is 24.3 Å². The predicted octanol–water partition coefficient (Wildman–Crippen LogP) is 4.13. The van der Waals surface area contributed by atoms with Crippen LogP contribution in [0.15, 0.2) is 72.8 Å². The van der Waals surface area contributed by atoms with Crippen LogP contribution in [0.5, 0.6) is 0 Å². The monoisotopic (exact) mass is 276 g/mol. The smallest absolute Gasteiger partial charge is 0.310 e. The summed E-state index contributed by atoms with van der Waals surface area (Å²) >= 11 is 0. The van der Waals surface area contributed by atoms with Crippen LogP contribution >= 0.6 is 0 Å². The SMILES string of the molecule is O=C(Cc1ccccc1)OCc1ccc2ccccc2c1. The lowest BCUT2D eigenvalue weighted by molar-refractivity contribution is -0.144. The molecule has 0 saturated carbocycles. The van der Waals surface area contributed by atoms with Crippen molar-refractivity contribution in [3.8, 4) is 0 Å². The molecule has 0 aliphatic rings. The molecule has 0 aliphatic heterocycles. The third-order valence-corrected chi connectivity index (χ3v) is 3.40. The van der Waals surface area contributed by atoms with E-state index in [0.717, 1.165) is 16.5 Å². The van der Waals surface area contributed by atoms with Crippen molar-refractivity contribution >= 4 is 16.7 Å². The van der Waals surface area contributed by atoms with Gasteiger partial charge < -0.3 is 4.74 Å². The second-order valence-corrected chi connectivity index (χ2v) is 5.00. The Morgan fingerprint density at radius 1 is 0.762 bits per heavy atom. The minimum atomic E-state index is -0.200. The third-order valence-electron chi connectivity index (χ3n) is 3.40. The fourth-order valence-electron chi connectivity index (χ4n) is 2.31. The highest BCUT2D eigenvalue weighted by Gasteiger charge is 2.05. The van der Waals surface area contributed by atoms with E-state index < -0.39 is 0 Å². The molecule has 0 aliphatic carbocycles. The van der Waals surface area contributed by atoms with Gasteiger partial charge in [-0.05, 0) is 28.0 Å². The Morgan fingerprint density at radius 2 is 1.48 bits per heavy atom. The van der Waals surface area contributed by atoms with Crippen LogP contribution in [0.3, 0.4) is 0 Å². The number of carbonyl (C=O) groups excluding carboxylic acids is 1. The molecular formula is C19H16O2. The van der Waals surface area contributed by atoms with Crippen LogP contribution in [-0.2, 0) is 22.6 Å². The zero-order valence-electron chi connectivity index (χ0n) is 11.7. The van der Waals surface area contributed by atoms with Crippen LogP contribution in [0.25, 0.3) is 10.8 Å². The Bertz CT molecular complexity index is 748. The fourth-order valence-corrected chi connectivity index (χ4v) is 2.31. The second-order valence-electron chi connectivity index (χ2n) is 5.00. The largest absolute Gasteiger partial charge is 0.461 e. The van der Waals surface area contributed by atoms with Gasteiger partial charge in [-0.1, -0.05) is 66.7 Å². The van der Waals surface area contributed by atoms with Gasteiger partial charge in [-0.3, -0.25) is 4.79 Å². The molecule has 0 heterocycles. The first kappa shape index (κ1) is 13.4. The van der Waals surface area contributed by atoms with Gasteiger partial charge in [0.2, 0.25) is 0 Å². The first-order chi connectivity index (χ1) is 10.3. The Labute approximate surface area is 124 Å². The van der Waals surface area contributed by atoms with Crippen molar-refractivity contribution in [2.75, 3.05) is 0 Å². The lowest BCUT2D eigenvalue weighted by Gasteiger charge is -2.06. The van der Waals surface area contributed by atoms with Crippen LogP contribution in [0, 0.1) is 0 Å². The summed E-state index contributed by atoms with van der Waals surface area (Å²) in [6.07, 6.45) is 0.314. The van der Waals surface area contributed by atoms with Crippen molar-refractivity contribution in [2.45, 2.75) is 13.0 Å². The number of hydrogen-bond acceptors (Lipinski definition) is 2. The van der Waals surface area contributed by atoms with E-state index in [1.807, 2.05) is 48.5 Å². The zero-order valence-corrected chi connectivity index (χ0v) is 11.7. The molecule has 3 aromatic carbocycles. The summed E-state index contributed by atoms with van der Waals surface area (Å²) in [5.41, 5.74) is 1.98. The number of fused-ring (bicyclic) bond motifs is 1. The summed E-state index contributed by atoms with van der Waals surface area (Å²) in [5, 5.41) is 2.35. The van der Waals surface area contributed by atoms with E-state index in [1.54, 1.807) is 0 Å². The molecule has 0 aromatic heterocycles. The topological polar surface area (TPSA) is 26.3 Å². The van der Waals surface area contributed by atoms with E-state index in [1.165, 1.54) is 5.39 Å². The van der Waals surface area contributed by atoms with Gasteiger partial charge in [0.05, 0.1) is 6.42 Å². The van der Waals surface area contributed by atoms with Gasteiger partial charge in [0, 0.05) is 0 Å². The molecule has 3 rings (SSSR count). The van der Waals surface area contributed by atoms with Crippen molar-refractivity contribution in [2.24, 2.45) is 0 Å². The summed E-state index contributed by atoms with van der Waals surface area (Å²) in [7, 11) is 0. The molecule has 0 amide bonds. The normalized spacial score (nSPS) is 10.5. The van der Waals surface area contributed by atoms with Crippen molar-refractivity contribution in [3.63, 3.8) is 0 Å². The molecule has 0 spiro atoms. The maximum absolute atomic E-state index is 11.8. The molecule has 104 valence electrons.